The van der Waals surface area contributed by atoms with Gasteiger partial charge in [0.2, 0.25) is 5.95 Å². The first-order valence-corrected chi connectivity index (χ1v) is 7.49. The number of hydrogen-bond donors (Lipinski definition) is 1. The third-order valence-corrected chi connectivity index (χ3v) is 3.74. The molecule has 3 aromatic heterocycles. The maximum Gasteiger partial charge on any atom is 0.257 e. The van der Waals surface area contributed by atoms with Crippen molar-refractivity contribution in [3.05, 3.63) is 29.7 Å². The number of nitrogens with zero attached hydrogens (tertiary/aromatic N) is 6. The molecule has 0 saturated carbocycles. The predicted octanol–water partition coefficient (Wildman–Crippen LogP) is 2.31. The fraction of sp³-hybridized carbons (Fsp3) is 0.308. The van der Waals surface area contributed by atoms with Crippen molar-refractivity contribution in [1.82, 2.24) is 29.7 Å². The van der Waals surface area contributed by atoms with Crippen molar-refractivity contribution in [1.29, 1.82) is 0 Å². The molecule has 0 saturated heterocycles. The number of hydrogen-bond acceptors (Lipinski definition) is 7. The first-order valence-electron chi connectivity index (χ1n) is 6.68. The zero-order valence-electron chi connectivity index (χ0n) is 11.8. The molecule has 0 spiro atoms. The van der Waals surface area contributed by atoms with E-state index in [0.29, 0.717) is 17.7 Å². The van der Waals surface area contributed by atoms with Gasteiger partial charge in [-0.05, 0) is 25.5 Å². The van der Waals surface area contributed by atoms with E-state index < -0.39 is 0 Å². The van der Waals surface area contributed by atoms with E-state index in [4.69, 9.17) is 0 Å². The summed E-state index contributed by atoms with van der Waals surface area (Å²) < 4.78 is 1.53. The molecule has 0 aliphatic rings. The zero-order valence-corrected chi connectivity index (χ0v) is 12.6. The van der Waals surface area contributed by atoms with Gasteiger partial charge in [-0.1, -0.05) is 6.92 Å². The molecule has 0 fully saturated rings. The van der Waals surface area contributed by atoms with Crippen molar-refractivity contribution < 1.29 is 0 Å². The molecular weight excluding hydrogens is 286 g/mol. The number of aromatic nitrogens is 6. The van der Waals surface area contributed by atoms with Crippen LogP contribution in [0.1, 0.15) is 18.2 Å². The lowest BCUT2D eigenvalue weighted by atomic mass is 10.4. The standard InChI is InChI=1S/C13H15N7S/c1-3-6-15-12-17-11(10-5-4-9(2)21-10)18-13(19-12)20-8-14-7-16-20/h4-5,7-8H,3,6H2,1-2H3,(H,15,17,18,19). The lowest BCUT2D eigenvalue weighted by Gasteiger charge is -2.07. The van der Waals surface area contributed by atoms with Gasteiger partial charge in [0.1, 0.15) is 12.7 Å². The number of aryl methyl sites for hydroxylation is 1. The highest BCUT2D eigenvalue weighted by atomic mass is 32.1. The Bertz CT molecular complexity index is 720. The summed E-state index contributed by atoms with van der Waals surface area (Å²) in [5.41, 5.74) is 0. The van der Waals surface area contributed by atoms with Gasteiger partial charge in [0.05, 0.1) is 4.88 Å². The van der Waals surface area contributed by atoms with E-state index in [1.54, 1.807) is 17.7 Å². The lowest BCUT2D eigenvalue weighted by molar-refractivity contribution is 0.795. The second-order valence-corrected chi connectivity index (χ2v) is 5.75. The van der Waals surface area contributed by atoms with Crippen molar-refractivity contribution in [3.63, 3.8) is 0 Å². The Balaban J connectivity index is 2.04. The van der Waals surface area contributed by atoms with Crippen LogP contribution in [0.2, 0.25) is 0 Å². The molecule has 0 bridgehead atoms. The molecule has 0 radical (unpaired) electrons. The van der Waals surface area contributed by atoms with E-state index in [-0.39, 0.29) is 0 Å². The smallest absolute Gasteiger partial charge is 0.257 e. The first-order chi connectivity index (χ1) is 10.3. The molecule has 0 unspecified atom stereocenters. The lowest BCUT2D eigenvalue weighted by Crippen LogP contribution is -2.10. The summed E-state index contributed by atoms with van der Waals surface area (Å²) in [5, 5.41) is 7.27. The minimum absolute atomic E-state index is 0.460. The van der Waals surface area contributed by atoms with Crippen molar-refractivity contribution in [3.8, 4) is 16.6 Å². The van der Waals surface area contributed by atoms with E-state index >= 15 is 0 Å². The van der Waals surface area contributed by atoms with Crippen LogP contribution < -0.4 is 5.32 Å². The van der Waals surface area contributed by atoms with Gasteiger partial charge >= 0.3 is 0 Å². The summed E-state index contributed by atoms with van der Waals surface area (Å²) >= 11 is 1.65. The normalized spacial score (nSPS) is 10.8. The van der Waals surface area contributed by atoms with Crippen molar-refractivity contribution in [2.75, 3.05) is 11.9 Å². The molecule has 3 rings (SSSR count). The van der Waals surface area contributed by atoms with Crippen molar-refractivity contribution >= 4 is 17.3 Å². The predicted molar refractivity (Wildman–Crippen MR) is 81.6 cm³/mol. The van der Waals surface area contributed by atoms with E-state index in [2.05, 4.69) is 50.3 Å². The fourth-order valence-corrected chi connectivity index (χ4v) is 2.56. The maximum absolute atomic E-state index is 4.48. The molecule has 3 aromatic rings. The highest BCUT2D eigenvalue weighted by Gasteiger charge is 2.11. The van der Waals surface area contributed by atoms with Crippen molar-refractivity contribution in [2.24, 2.45) is 0 Å². The number of thiophene rings is 1. The molecule has 0 aliphatic carbocycles. The van der Waals surface area contributed by atoms with E-state index in [1.165, 1.54) is 15.9 Å². The molecule has 1 N–H and O–H groups in total. The van der Waals surface area contributed by atoms with E-state index in [1.807, 2.05) is 6.07 Å². The van der Waals surface area contributed by atoms with Gasteiger partial charge < -0.3 is 5.32 Å². The summed E-state index contributed by atoms with van der Waals surface area (Å²) in [5.74, 6) is 1.66. The van der Waals surface area contributed by atoms with Crippen LogP contribution in [-0.4, -0.2) is 36.3 Å². The maximum atomic E-state index is 4.48. The topological polar surface area (TPSA) is 81.4 Å². The van der Waals surface area contributed by atoms with Gasteiger partial charge in [-0.2, -0.15) is 24.7 Å². The largest absolute Gasteiger partial charge is 0.354 e. The van der Waals surface area contributed by atoms with Crippen LogP contribution in [0.5, 0.6) is 0 Å². The molecule has 108 valence electrons. The summed E-state index contributed by atoms with van der Waals surface area (Å²) in [6.45, 7) is 4.96. The molecule has 0 aliphatic heterocycles. The van der Waals surface area contributed by atoms with Crippen LogP contribution in [0.15, 0.2) is 24.8 Å². The van der Waals surface area contributed by atoms with E-state index in [0.717, 1.165) is 17.8 Å². The van der Waals surface area contributed by atoms with Crippen LogP contribution in [0.3, 0.4) is 0 Å². The summed E-state index contributed by atoms with van der Waals surface area (Å²) in [6.07, 6.45) is 4.03. The molecule has 8 heteroatoms. The van der Waals surface area contributed by atoms with E-state index in [9.17, 15) is 0 Å². The summed E-state index contributed by atoms with van der Waals surface area (Å²) in [6, 6.07) is 4.07. The minimum atomic E-state index is 0.460. The SMILES string of the molecule is CCCNc1nc(-c2ccc(C)s2)nc(-n2cncn2)n1. The van der Waals surface area contributed by atoms with Crippen LogP contribution in [0, 0.1) is 6.92 Å². The third kappa shape index (κ3) is 3.05. The Labute approximate surface area is 126 Å². The van der Waals surface area contributed by atoms with Crippen molar-refractivity contribution in [2.45, 2.75) is 20.3 Å². The second kappa shape index (κ2) is 5.96. The van der Waals surface area contributed by atoms with Crippen LogP contribution in [-0.2, 0) is 0 Å². The average Bonchev–Trinajstić information content (AvgIpc) is 3.16. The second-order valence-electron chi connectivity index (χ2n) is 4.46. The summed E-state index contributed by atoms with van der Waals surface area (Å²) in [7, 11) is 0. The Morgan fingerprint density at radius 1 is 1.24 bits per heavy atom. The van der Waals surface area contributed by atoms with Gasteiger partial charge in [-0.3, -0.25) is 0 Å². The molecule has 0 amide bonds. The number of anilines is 1. The third-order valence-electron chi connectivity index (χ3n) is 2.74. The van der Waals surface area contributed by atoms with Crippen LogP contribution in [0.25, 0.3) is 16.6 Å². The Kier molecular flexibility index (Phi) is 3.87. The Morgan fingerprint density at radius 2 is 2.14 bits per heavy atom. The number of nitrogens with one attached hydrogen (secondary N) is 1. The van der Waals surface area contributed by atoms with Crippen LogP contribution in [0.4, 0.5) is 5.95 Å². The van der Waals surface area contributed by atoms with Crippen LogP contribution >= 0.6 is 11.3 Å². The molecule has 0 aromatic carbocycles. The molecular formula is C13H15N7S. The van der Waals surface area contributed by atoms with Gasteiger partial charge in [0, 0.05) is 11.4 Å². The fourth-order valence-electron chi connectivity index (χ4n) is 1.76. The molecule has 21 heavy (non-hydrogen) atoms. The highest BCUT2D eigenvalue weighted by Crippen LogP contribution is 2.25. The Hall–Kier alpha value is -2.35. The quantitative estimate of drug-likeness (QED) is 0.779. The molecule has 7 nitrogen and oxygen atoms in total. The van der Waals surface area contributed by atoms with Gasteiger partial charge in [-0.15, -0.1) is 11.3 Å². The molecule has 0 atom stereocenters. The first kappa shape index (κ1) is 13.6. The van der Waals surface area contributed by atoms with Gasteiger partial charge in [0.15, 0.2) is 5.82 Å². The molecule has 3 heterocycles. The summed E-state index contributed by atoms with van der Waals surface area (Å²) in [4.78, 5) is 19.5. The highest BCUT2D eigenvalue weighted by molar-refractivity contribution is 7.15. The average molecular weight is 301 g/mol. The number of rotatable bonds is 5. The van der Waals surface area contributed by atoms with Gasteiger partial charge in [0.25, 0.3) is 5.95 Å². The Morgan fingerprint density at radius 3 is 2.81 bits per heavy atom. The monoisotopic (exact) mass is 301 g/mol. The minimum Gasteiger partial charge on any atom is -0.354 e. The van der Waals surface area contributed by atoms with Gasteiger partial charge in [-0.25, -0.2) is 4.98 Å². The zero-order chi connectivity index (χ0) is 14.7.